The molecule has 1 heterocycles. The van der Waals surface area contributed by atoms with Crippen LogP contribution < -0.4 is 16.4 Å². The summed E-state index contributed by atoms with van der Waals surface area (Å²) in [6, 6.07) is 1.30. The van der Waals surface area contributed by atoms with Crippen molar-refractivity contribution in [1.82, 2.24) is 10.3 Å². The maximum absolute atomic E-state index is 11.6. The molecule has 0 fully saturated rings. The zero-order chi connectivity index (χ0) is 14.6. The Morgan fingerprint density at radius 3 is 2.58 bits per heavy atom. The van der Waals surface area contributed by atoms with Crippen LogP contribution in [0, 0.1) is 0 Å². The molecule has 5 N–H and O–H groups in total. The average molecular weight is 266 g/mol. The van der Waals surface area contributed by atoms with Crippen molar-refractivity contribution in [2.45, 2.75) is 26.3 Å². The van der Waals surface area contributed by atoms with Gasteiger partial charge in [0, 0.05) is 11.7 Å². The molecule has 1 aromatic rings. The lowest BCUT2D eigenvalue weighted by Gasteiger charge is -2.20. The number of carboxylic acid groups (broad SMARTS) is 1. The van der Waals surface area contributed by atoms with Gasteiger partial charge in [0.1, 0.15) is 5.82 Å². The van der Waals surface area contributed by atoms with Gasteiger partial charge in [-0.15, -0.1) is 0 Å². The minimum Gasteiger partial charge on any atom is -0.478 e. The van der Waals surface area contributed by atoms with Gasteiger partial charge < -0.3 is 21.5 Å². The summed E-state index contributed by atoms with van der Waals surface area (Å²) in [5.41, 5.74) is 5.29. The van der Waals surface area contributed by atoms with E-state index in [0.717, 1.165) is 0 Å². The highest BCUT2D eigenvalue weighted by Crippen LogP contribution is 2.19. The molecule has 0 saturated heterocycles. The SMILES string of the molecule is CC(C)(C)NC(=O)CNc1nccc(C(=O)O)c1N. The number of amides is 1. The first-order chi connectivity index (χ1) is 8.70. The first kappa shape index (κ1) is 14.7. The van der Waals surface area contributed by atoms with Crippen LogP contribution in [0.2, 0.25) is 0 Å². The molecule has 0 radical (unpaired) electrons. The molecule has 0 aliphatic rings. The number of rotatable bonds is 4. The molecule has 1 aromatic heterocycles. The number of nitrogen functional groups attached to an aromatic ring is 1. The van der Waals surface area contributed by atoms with Crippen LogP contribution >= 0.6 is 0 Å². The highest BCUT2D eigenvalue weighted by Gasteiger charge is 2.15. The summed E-state index contributed by atoms with van der Waals surface area (Å²) in [5, 5.41) is 14.4. The summed E-state index contributed by atoms with van der Waals surface area (Å²) in [6.45, 7) is 5.56. The quantitative estimate of drug-likeness (QED) is 0.637. The van der Waals surface area contributed by atoms with Gasteiger partial charge in [-0.2, -0.15) is 0 Å². The topological polar surface area (TPSA) is 117 Å². The Morgan fingerprint density at radius 2 is 2.05 bits per heavy atom. The standard InChI is InChI=1S/C12H18N4O3/c1-12(2,3)16-8(17)6-15-10-9(13)7(11(18)19)4-5-14-10/h4-5H,6,13H2,1-3H3,(H,14,15)(H,16,17)(H,18,19). The van der Waals surface area contributed by atoms with Crippen molar-refractivity contribution < 1.29 is 14.7 Å². The first-order valence-electron chi connectivity index (χ1n) is 5.73. The van der Waals surface area contributed by atoms with Crippen molar-refractivity contribution in [2.24, 2.45) is 0 Å². The predicted octanol–water partition coefficient (Wildman–Crippen LogP) is 0.689. The number of hydrogen-bond acceptors (Lipinski definition) is 5. The molecule has 1 rings (SSSR count). The molecule has 0 saturated carbocycles. The van der Waals surface area contributed by atoms with E-state index in [4.69, 9.17) is 10.8 Å². The molecule has 1 amide bonds. The van der Waals surface area contributed by atoms with E-state index in [1.54, 1.807) is 0 Å². The van der Waals surface area contributed by atoms with E-state index in [-0.39, 0.29) is 35.1 Å². The van der Waals surface area contributed by atoms with E-state index < -0.39 is 5.97 Å². The molecular formula is C12H18N4O3. The molecule has 104 valence electrons. The smallest absolute Gasteiger partial charge is 0.337 e. The number of hydrogen-bond donors (Lipinski definition) is 4. The molecular weight excluding hydrogens is 248 g/mol. The number of nitrogens with two attached hydrogens (primary N) is 1. The number of carboxylic acids is 1. The van der Waals surface area contributed by atoms with E-state index in [1.807, 2.05) is 20.8 Å². The van der Waals surface area contributed by atoms with Crippen molar-refractivity contribution >= 4 is 23.4 Å². The number of aromatic nitrogens is 1. The van der Waals surface area contributed by atoms with Gasteiger partial charge in [0.15, 0.2) is 0 Å². The van der Waals surface area contributed by atoms with E-state index in [9.17, 15) is 9.59 Å². The summed E-state index contributed by atoms with van der Waals surface area (Å²) in [7, 11) is 0. The van der Waals surface area contributed by atoms with Crippen LogP contribution in [0.15, 0.2) is 12.3 Å². The summed E-state index contributed by atoms with van der Waals surface area (Å²) in [4.78, 5) is 26.4. The first-order valence-corrected chi connectivity index (χ1v) is 5.73. The van der Waals surface area contributed by atoms with Crippen LogP contribution in [0.1, 0.15) is 31.1 Å². The third-order valence-electron chi connectivity index (χ3n) is 2.15. The minimum absolute atomic E-state index is 0.0126. The number of nitrogens with zero attached hydrogens (tertiary/aromatic N) is 1. The number of aromatic carboxylic acids is 1. The van der Waals surface area contributed by atoms with Crippen LogP contribution in [0.25, 0.3) is 0 Å². The van der Waals surface area contributed by atoms with Crippen molar-refractivity contribution in [3.8, 4) is 0 Å². The van der Waals surface area contributed by atoms with Crippen LogP contribution in [0.5, 0.6) is 0 Å². The molecule has 0 unspecified atom stereocenters. The number of carbonyl (C=O) groups excluding carboxylic acids is 1. The van der Waals surface area contributed by atoms with Gasteiger partial charge in [-0.3, -0.25) is 4.79 Å². The van der Waals surface area contributed by atoms with Crippen LogP contribution in [-0.4, -0.2) is 34.1 Å². The normalized spacial score (nSPS) is 10.9. The molecule has 0 aliphatic carbocycles. The maximum atomic E-state index is 11.6. The molecule has 7 heteroatoms. The van der Waals surface area contributed by atoms with E-state index in [2.05, 4.69) is 15.6 Å². The fraction of sp³-hybridized carbons (Fsp3) is 0.417. The number of nitrogens with one attached hydrogen (secondary N) is 2. The lowest BCUT2D eigenvalue weighted by atomic mass is 10.1. The number of anilines is 2. The predicted molar refractivity (Wildman–Crippen MR) is 72.0 cm³/mol. The summed E-state index contributed by atoms with van der Waals surface area (Å²) in [6.07, 6.45) is 1.32. The van der Waals surface area contributed by atoms with Gasteiger partial charge >= 0.3 is 5.97 Å². The Labute approximate surface area is 111 Å². The second-order valence-corrected chi connectivity index (χ2v) is 5.08. The average Bonchev–Trinajstić information content (AvgIpc) is 2.24. The fourth-order valence-electron chi connectivity index (χ4n) is 1.43. The van der Waals surface area contributed by atoms with Crippen molar-refractivity contribution in [1.29, 1.82) is 0 Å². The van der Waals surface area contributed by atoms with Gasteiger partial charge in [-0.05, 0) is 26.8 Å². The Hall–Kier alpha value is -2.31. The van der Waals surface area contributed by atoms with Gasteiger partial charge in [-0.1, -0.05) is 0 Å². The zero-order valence-corrected chi connectivity index (χ0v) is 11.2. The van der Waals surface area contributed by atoms with Gasteiger partial charge in [-0.25, -0.2) is 9.78 Å². The van der Waals surface area contributed by atoms with Crippen LogP contribution in [-0.2, 0) is 4.79 Å². The second kappa shape index (κ2) is 5.55. The largest absolute Gasteiger partial charge is 0.478 e. The van der Waals surface area contributed by atoms with Gasteiger partial charge in [0.05, 0.1) is 17.8 Å². The summed E-state index contributed by atoms with van der Waals surface area (Å²) < 4.78 is 0. The Morgan fingerprint density at radius 1 is 1.42 bits per heavy atom. The fourth-order valence-corrected chi connectivity index (χ4v) is 1.43. The third-order valence-corrected chi connectivity index (χ3v) is 2.15. The maximum Gasteiger partial charge on any atom is 0.337 e. The highest BCUT2D eigenvalue weighted by molar-refractivity contribution is 5.96. The zero-order valence-electron chi connectivity index (χ0n) is 11.2. The lowest BCUT2D eigenvalue weighted by Crippen LogP contribution is -2.43. The van der Waals surface area contributed by atoms with Crippen LogP contribution in [0.3, 0.4) is 0 Å². The molecule has 19 heavy (non-hydrogen) atoms. The molecule has 0 atom stereocenters. The Bertz CT molecular complexity index is 494. The van der Waals surface area contributed by atoms with Gasteiger partial charge in [0.25, 0.3) is 0 Å². The molecule has 0 aliphatic heterocycles. The molecule has 0 spiro atoms. The molecule has 7 nitrogen and oxygen atoms in total. The monoisotopic (exact) mass is 266 g/mol. The summed E-state index contributed by atoms with van der Waals surface area (Å²) >= 11 is 0. The van der Waals surface area contributed by atoms with Crippen molar-refractivity contribution in [3.05, 3.63) is 17.8 Å². The van der Waals surface area contributed by atoms with E-state index in [1.165, 1.54) is 12.3 Å². The number of carbonyl (C=O) groups is 2. The van der Waals surface area contributed by atoms with Crippen molar-refractivity contribution in [2.75, 3.05) is 17.6 Å². The second-order valence-electron chi connectivity index (χ2n) is 5.08. The third kappa shape index (κ3) is 4.46. The molecule has 0 aromatic carbocycles. The van der Waals surface area contributed by atoms with Crippen LogP contribution in [0.4, 0.5) is 11.5 Å². The Kier molecular flexibility index (Phi) is 4.31. The number of pyridine rings is 1. The van der Waals surface area contributed by atoms with Crippen molar-refractivity contribution in [3.63, 3.8) is 0 Å². The Balaban J connectivity index is 2.71. The summed E-state index contributed by atoms with van der Waals surface area (Å²) in [5.74, 6) is -1.18. The van der Waals surface area contributed by atoms with E-state index >= 15 is 0 Å². The minimum atomic E-state index is -1.14. The molecule has 0 bridgehead atoms. The van der Waals surface area contributed by atoms with E-state index in [0.29, 0.717) is 0 Å². The highest BCUT2D eigenvalue weighted by atomic mass is 16.4. The van der Waals surface area contributed by atoms with Gasteiger partial charge in [0.2, 0.25) is 5.91 Å². The lowest BCUT2D eigenvalue weighted by molar-refractivity contribution is -0.120.